The van der Waals surface area contributed by atoms with E-state index >= 15 is 0 Å². The molecule has 0 aliphatic heterocycles. The van der Waals surface area contributed by atoms with Gasteiger partial charge in [0.1, 0.15) is 5.76 Å². The second-order valence-corrected chi connectivity index (χ2v) is 4.47. The first-order valence-corrected chi connectivity index (χ1v) is 6.34. The number of anilines is 1. The number of rotatable bonds is 5. The van der Waals surface area contributed by atoms with E-state index in [-0.39, 0.29) is 5.91 Å². The van der Waals surface area contributed by atoms with Gasteiger partial charge in [-0.15, -0.1) is 5.10 Å². The van der Waals surface area contributed by atoms with Crippen molar-refractivity contribution in [3.05, 3.63) is 30.2 Å². The van der Waals surface area contributed by atoms with E-state index in [1.165, 1.54) is 17.8 Å². The van der Waals surface area contributed by atoms with Gasteiger partial charge >= 0.3 is 0 Å². The Labute approximate surface area is 108 Å². The molecule has 0 atom stereocenters. The molecular weight excluding hydrogens is 252 g/mol. The molecule has 0 spiro atoms. The summed E-state index contributed by atoms with van der Waals surface area (Å²) in [7, 11) is 0. The molecule has 2 rings (SSSR count). The summed E-state index contributed by atoms with van der Waals surface area (Å²) in [5.41, 5.74) is 0. The highest BCUT2D eigenvalue weighted by molar-refractivity contribution is 7.99. The van der Waals surface area contributed by atoms with Crippen molar-refractivity contribution in [2.75, 3.05) is 11.1 Å². The van der Waals surface area contributed by atoms with Crippen LogP contribution in [0.4, 0.5) is 5.95 Å². The van der Waals surface area contributed by atoms with Gasteiger partial charge in [0.25, 0.3) is 5.91 Å². The van der Waals surface area contributed by atoms with Gasteiger partial charge in [0.15, 0.2) is 0 Å². The smallest absolute Gasteiger partial charge is 0.250 e. The van der Waals surface area contributed by atoms with Gasteiger partial charge in [-0.05, 0) is 24.0 Å². The molecule has 0 radical (unpaired) electrons. The zero-order valence-corrected chi connectivity index (χ0v) is 10.5. The van der Waals surface area contributed by atoms with E-state index in [0.717, 1.165) is 5.75 Å². The van der Waals surface area contributed by atoms with Crippen LogP contribution in [0, 0.1) is 0 Å². The van der Waals surface area contributed by atoms with Gasteiger partial charge in [-0.2, -0.15) is 4.98 Å². The summed E-state index contributed by atoms with van der Waals surface area (Å²) in [4.78, 5) is 15.6. The number of carbonyl (C=O) groups is 1. The molecule has 0 aromatic carbocycles. The minimum atomic E-state index is -0.296. The summed E-state index contributed by atoms with van der Waals surface area (Å²) in [6, 6.07) is 3.51. The fourth-order valence-corrected chi connectivity index (χ4v) is 1.72. The Hall–Kier alpha value is -2.02. The lowest BCUT2D eigenvalue weighted by atomic mass is 10.4. The van der Waals surface area contributed by atoms with Crippen molar-refractivity contribution in [3.63, 3.8) is 0 Å². The molecule has 0 aliphatic rings. The standard InChI is InChI=1S/C11H12N4O2S/c1-2-18-11-13-10(14-15-11)12-9(16)6-5-8-4-3-7-17-8/h3-7H,2H2,1H3,(H2,12,13,14,15,16)/b6-5+. The summed E-state index contributed by atoms with van der Waals surface area (Å²) in [6.07, 6.45) is 4.49. The Morgan fingerprint density at radius 2 is 2.56 bits per heavy atom. The molecule has 0 unspecified atom stereocenters. The summed E-state index contributed by atoms with van der Waals surface area (Å²) in [5, 5.41) is 9.77. The van der Waals surface area contributed by atoms with Crippen molar-refractivity contribution in [3.8, 4) is 0 Å². The second kappa shape index (κ2) is 6.06. The topological polar surface area (TPSA) is 83.8 Å². The maximum atomic E-state index is 11.5. The molecule has 2 heterocycles. The molecule has 7 heteroatoms. The molecule has 94 valence electrons. The monoisotopic (exact) mass is 264 g/mol. The molecule has 2 N–H and O–H groups in total. The zero-order valence-electron chi connectivity index (χ0n) is 9.71. The van der Waals surface area contributed by atoms with E-state index in [1.54, 1.807) is 24.5 Å². The molecular formula is C11H12N4O2S. The van der Waals surface area contributed by atoms with Gasteiger partial charge in [-0.3, -0.25) is 10.1 Å². The highest BCUT2D eigenvalue weighted by Gasteiger charge is 2.04. The van der Waals surface area contributed by atoms with Crippen LogP contribution in [0.3, 0.4) is 0 Å². The molecule has 0 aliphatic carbocycles. The molecule has 2 aromatic rings. The first-order chi connectivity index (χ1) is 8.78. The Balaban J connectivity index is 1.90. The average Bonchev–Trinajstić information content (AvgIpc) is 2.99. The molecule has 0 saturated carbocycles. The maximum absolute atomic E-state index is 11.5. The molecule has 18 heavy (non-hydrogen) atoms. The lowest BCUT2D eigenvalue weighted by Gasteiger charge is -1.94. The minimum Gasteiger partial charge on any atom is -0.465 e. The number of hydrogen-bond acceptors (Lipinski definition) is 5. The number of aromatic amines is 1. The number of carbonyl (C=O) groups excluding carboxylic acids is 1. The van der Waals surface area contributed by atoms with Crippen LogP contribution in [0.15, 0.2) is 34.0 Å². The number of amides is 1. The van der Waals surface area contributed by atoms with Crippen molar-refractivity contribution in [2.45, 2.75) is 12.1 Å². The Morgan fingerprint density at radius 1 is 1.67 bits per heavy atom. The van der Waals surface area contributed by atoms with Crippen molar-refractivity contribution >= 4 is 29.7 Å². The number of hydrogen-bond donors (Lipinski definition) is 2. The van der Waals surface area contributed by atoms with Crippen LogP contribution in [0.2, 0.25) is 0 Å². The van der Waals surface area contributed by atoms with Gasteiger partial charge < -0.3 is 4.42 Å². The first-order valence-electron chi connectivity index (χ1n) is 5.35. The quantitative estimate of drug-likeness (QED) is 0.638. The number of thioether (sulfide) groups is 1. The van der Waals surface area contributed by atoms with Crippen LogP contribution in [-0.2, 0) is 4.79 Å². The molecule has 1 amide bonds. The van der Waals surface area contributed by atoms with Crippen molar-refractivity contribution in [1.29, 1.82) is 0 Å². The van der Waals surface area contributed by atoms with Gasteiger partial charge in [-0.1, -0.05) is 18.7 Å². The normalized spacial score (nSPS) is 10.9. The van der Waals surface area contributed by atoms with Gasteiger partial charge in [0.2, 0.25) is 11.1 Å². The Bertz CT molecular complexity index is 533. The predicted octanol–water partition coefficient (Wildman–Crippen LogP) is 2.16. The van der Waals surface area contributed by atoms with E-state index < -0.39 is 0 Å². The number of nitrogens with zero attached hydrogens (tertiary/aromatic N) is 2. The third-order valence-electron chi connectivity index (χ3n) is 1.92. The summed E-state index contributed by atoms with van der Waals surface area (Å²) in [5.74, 6) is 1.53. The summed E-state index contributed by atoms with van der Waals surface area (Å²) in [6.45, 7) is 2.01. The summed E-state index contributed by atoms with van der Waals surface area (Å²) >= 11 is 1.50. The number of H-pyrrole nitrogens is 1. The predicted molar refractivity (Wildman–Crippen MR) is 69.2 cm³/mol. The second-order valence-electron chi connectivity index (χ2n) is 3.24. The number of aromatic nitrogens is 3. The van der Waals surface area contributed by atoms with E-state index in [0.29, 0.717) is 16.9 Å². The third kappa shape index (κ3) is 3.49. The third-order valence-corrected chi connectivity index (χ3v) is 2.65. The molecule has 0 saturated heterocycles. The highest BCUT2D eigenvalue weighted by Crippen LogP contribution is 2.12. The summed E-state index contributed by atoms with van der Waals surface area (Å²) < 4.78 is 5.06. The van der Waals surface area contributed by atoms with Crippen LogP contribution >= 0.6 is 11.8 Å². The molecule has 6 nitrogen and oxygen atoms in total. The average molecular weight is 264 g/mol. The zero-order chi connectivity index (χ0) is 12.8. The van der Waals surface area contributed by atoms with Crippen molar-refractivity contribution in [2.24, 2.45) is 0 Å². The van der Waals surface area contributed by atoms with Gasteiger partial charge in [0, 0.05) is 6.08 Å². The first kappa shape index (κ1) is 12.4. The van der Waals surface area contributed by atoms with Crippen molar-refractivity contribution < 1.29 is 9.21 Å². The minimum absolute atomic E-state index is 0.296. The van der Waals surface area contributed by atoms with E-state index in [2.05, 4.69) is 20.5 Å². The van der Waals surface area contributed by atoms with Gasteiger partial charge in [0.05, 0.1) is 6.26 Å². The van der Waals surface area contributed by atoms with Crippen LogP contribution in [0.5, 0.6) is 0 Å². The van der Waals surface area contributed by atoms with Crippen molar-refractivity contribution in [1.82, 2.24) is 15.2 Å². The molecule has 2 aromatic heterocycles. The highest BCUT2D eigenvalue weighted by atomic mass is 32.2. The number of nitrogens with one attached hydrogen (secondary N) is 2. The molecule has 0 fully saturated rings. The Kier molecular flexibility index (Phi) is 4.19. The van der Waals surface area contributed by atoms with Crippen LogP contribution in [0.25, 0.3) is 6.08 Å². The van der Waals surface area contributed by atoms with E-state index in [4.69, 9.17) is 4.42 Å². The largest absolute Gasteiger partial charge is 0.465 e. The van der Waals surface area contributed by atoms with Crippen LogP contribution in [-0.4, -0.2) is 26.8 Å². The number of furan rings is 1. The Morgan fingerprint density at radius 3 is 3.28 bits per heavy atom. The molecule has 0 bridgehead atoms. The van der Waals surface area contributed by atoms with Crippen LogP contribution in [0.1, 0.15) is 12.7 Å². The SMILES string of the molecule is CCSc1n[nH]c(NC(=O)/C=C/c2ccco2)n1. The van der Waals surface area contributed by atoms with Crippen LogP contribution < -0.4 is 5.32 Å². The van der Waals surface area contributed by atoms with E-state index in [1.807, 2.05) is 6.92 Å². The fourth-order valence-electron chi connectivity index (χ4n) is 1.20. The lowest BCUT2D eigenvalue weighted by Crippen LogP contribution is -2.08. The lowest BCUT2D eigenvalue weighted by molar-refractivity contribution is -0.111. The van der Waals surface area contributed by atoms with E-state index in [9.17, 15) is 4.79 Å². The fraction of sp³-hybridized carbons (Fsp3) is 0.182. The van der Waals surface area contributed by atoms with Gasteiger partial charge in [-0.25, -0.2) is 5.10 Å². The maximum Gasteiger partial charge on any atom is 0.250 e.